The molecule has 4 rings (SSSR count). The number of carbonyl (C=O) groups is 1. The molecule has 2 heterocycles. The Kier molecular flexibility index (Phi) is 2.45. The van der Waals surface area contributed by atoms with Crippen molar-refractivity contribution in [1.82, 2.24) is 0 Å². The molecule has 4 nitrogen and oxygen atoms in total. The molecular formula is C16H16O4. The average Bonchev–Trinajstić information content (AvgIpc) is 2.37. The highest BCUT2D eigenvalue weighted by Crippen LogP contribution is 2.51. The van der Waals surface area contributed by atoms with Crippen molar-refractivity contribution in [3.8, 4) is 11.5 Å². The van der Waals surface area contributed by atoms with Crippen LogP contribution in [0.5, 0.6) is 11.5 Å². The van der Waals surface area contributed by atoms with Crippen LogP contribution in [0.4, 0.5) is 0 Å². The number of hydrogen-bond donors (Lipinski definition) is 1. The van der Waals surface area contributed by atoms with Gasteiger partial charge in [-0.2, -0.15) is 0 Å². The summed E-state index contributed by atoms with van der Waals surface area (Å²) in [7, 11) is 0. The van der Waals surface area contributed by atoms with Gasteiger partial charge in [0.1, 0.15) is 17.3 Å². The van der Waals surface area contributed by atoms with Crippen LogP contribution >= 0.6 is 0 Å². The lowest BCUT2D eigenvalue weighted by molar-refractivity contribution is -0.119. The smallest absolute Gasteiger partial charge is 0.165 e. The van der Waals surface area contributed by atoms with Gasteiger partial charge in [-0.1, -0.05) is 6.07 Å². The van der Waals surface area contributed by atoms with Crippen molar-refractivity contribution in [3.05, 3.63) is 35.1 Å². The van der Waals surface area contributed by atoms with E-state index < -0.39 is 6.10 Å². The van der Waals surface area contributed by atoms with E-state index in [4.69, 9.17) is 9.47 Å². The second kappa shape index (κ2) is 4.09. The van der Waals surface area contributed by atoms with Gasteiger partial charge >= 0.3 is 0 Å². The molecule has 0 saturated heterocycles. The molecule has 1 aromatic rings. The molecule has 0 radical (unpaired) electrons. The molecule has 0 amide bonds. The molecule has 2 aliphatic heterocycles. The van der Waals surface area contributed by atoms with E-state index in [1.165, 1.54) is 0 Å². The minimum absolute atomic E-state index is 0.0123. The minimum atomic E-state index is -0.622. The highest BCUT2D eigenvalue weighted by atomic mass is 16.5. The van der Waals surface area contributed by atoms with Crippen molar-refractivity contribution in [2.45, 2.75) is 44.3 Å². The molecule has 104 valence electrons. The molecule has 1 aliphatic carbocycles. The maximum Gasteiger partial charge on any atom is 0.165 e. The number of aliphatic hydroxyl groups is 1. The summed E-state index contributed by atoms with van der Waals surface area (Å²) in [4.78, 5) is 12.3. The Morgan fingerprint density at radius 3 is 2.90 bits per heavy atom. The van der Waals surface area contributed by atoms with Crippen molar-refractivity contribution < 1.29 is 19.4 Å². The first-order chi connectivity index (χ1) is 9.63. The van der Waals surface area contributed by atoms with Crippen LogP contribution in [0, 0.1) is 0 Å². The number of benzene rings is 1. The lowest BCUT2D eigenvalue weighted by atomic mass is 9.76. The van der Waals surface area contributed by atoms with Crippen molar-refractivity contribution >= 4 is 5.78 Å². The third kappa shape index (κ3) is 1.61. The van der Waals surface area contributed by atoms with E-state index >= 15 is 0 Å². The molecule has 0 saturated carbocycles. The minimum Gasteiger partial charge on any atom is -0.490 e. The average molecular weight is 272 g/mol. The molecule has 0 spiro atoms. The third-order valence-corrected chi connectivity index (χ3v) is 4.29. The Morgan fingerprint density at radius 1 is 1.25 bits per heavy atom. The number of ether oxygens (including phenoxy) is 2. The second-order valence-corrected chi connectivity index (χ2v) is 5.81. The van der Waals surface area contributed by atoms with Crippen LogP contribution in [0.2, 0.25) is 0 Å². The number of aliphatic hydroxyl groups excluding tert-OH is 1. The summed E-state index contributed by atoms with van der Waals surface area (Å²) in [5.74, 6) is 2.29. The summed E-state index contributed by atoms with van der Waals surface area (Å²) >= 11 is 0. The summed E-state index contributed by atoms with van der Waals surface area (Å²) in [6.07, 6.45) is 0.869. The van der Waals surface area contributed by atoms with Crippen molar-refractivity contribution in [3.63, 3.8) is 0 Å². The third-order valence-electron chi connectivity index (χ3n) is 4.29. The Morgan fingerprint density at radius 2 is 2.05 bits per heavy atom. The van der Waals surface area contributed by atoms with E-state index in [-0.39, 0.29) is 24.2 Å². The van der Waals surface area contributed by atoms with Gasteiger partial charge in [-0.25, -0.2) is 0 Å². The first-order valence-electron chi connectivity index (χ1n) is 7.05. The SMILES string of the molecule is C[C@H]1C[C@@H]2C3=C(CC(O)CC3=O)Oc3cccc(c32)O1. The van der Waals surface area contributed by atoms with Crippen molar-refractivity contribution in [2.24, 2.45) is 0 Å². The second-order valence-electron chi connectivity index (χ2n) is 5.81. The highest BCUT2D eigenvalue weighted by molar-refractivity contribution is 5.99. The van der Waals surface area contributed by atoms with Crippen molar-refractivity contribution in [1.29, 1.82) is 0 Å². The molecule has 3 atom stereocenters. The highest BCUT2D eigenvalue weighted by Gasteiger charge is 2.42. The molecular weight excluding hydrogens is 256 g/mol. The molecule has 0 fully saturated rings. The summed E-state index contributed by atoms with van der Waals surface area (Å²) in [6.45, 7) is 2.02. The summed E-state index contributed by atoms with van der Waals surface area (Å²) in [5, 5.41) is 9.79. The van der Waals surface area contributed by atoms with Gasteiger partial charge in [-0.3, -0.25) is 4.79 Å². The fourth-order valence-corrected chi connectivity index (χ4v) is 3.53. The lowest BCUT2D eigenvalue weighted by Crippen LogP contribution is -2.34. The number of rotatable bonds is 0. The number of hydrogen-bond acceptors (Lipinski definition) is 4. The molecule has 20 heavy (non-hydrogen) atoms. The van der Waals surface area contributed by atoms with Crippen LogP contribution < -0.4 is 9.47 Å². The van der Waals surface area contributed by atoms with Gasteiger partial charge in [0.25, 0.3) is 0 Å². The number of Topliss-reactive ketones (excluding diaryl/α,β-unsaturated/α-hetero) is 1. The van der Waals surface area contributed by atoms with Crippen LogP contribution in [0.15, 0.2) is 29.5 Å². The molecule has 4 heteroatoms. The fraction of sp³-hybridized carbons (Fsp3) is 0.438. The maximum absolute atomic E-state index is 12.3. The Balaban J connectivity index is 1.90. The fourth-order valence-electron chi connectivity index (χ4n) is 3.53. The first-order valence-corrected chi connectivity index (χ1v) is 7.05. The van der Waals surface area contributed by atoms with Crippen molar-refractivity contribution in [2.75, 3.05) is 0 Å². The number of allylic oxidation sites excluding steroid dienone is 1. The quantitative estimate of drug-likeness (QED) is 0.787. The standard InChI is InChI=1S/C16H16O4/c1-8-5-10-15-11(18)6-9(17)7-14(15)20-13-4-2-3-12(19-8)16(10)13/h2-4,8-10,17H,5-7H2,1H3/t8-,9?,10+/m0/s1. The van der Waals surface area contributed by atoms with Crippen LogP contribution in [0.1, 0.15) is 37.7 Å². The number of carbonyl (C=O) groups excluding carboxylic acids is 1. The molecule has 1 unspecified atom stereocenters. The summed E-state index contributed by atoms with van der Waals surface area (Å²) < 4.78 is 11.7. The number of ketones is 1. The zero-order valence-corrected chi connectivity index (χ0v) is 11.3. The zero-order valence-electron chi connectivity index (χ0n) is 11.3. The lowest BCUT2D eigenvalue weighted by Gasteiger charge is -2.38. The van der Waals surface area contributed by atoms with Gasteiger partial charge in [0.2, 0.25) is 0 Å². The predicted octanol–water partition coefficient (Wildman–Crippen LogP) is 2.31. The van der Waals surface area contributed by atoms with Gasteiger partial charge < -0.3 is 14.6 Å². The van der Waals surface area contributed by atoms with Gasteiger partial charge in [-0.05, 0) is 25.5 Å². The topological polar surface area (TPSA) is 55.8 Å². The van der Waals surface area contributed by atoms with Crippen LogP contribution in [-0.4, -0.2) is 23.1 Å². The molecule has 1 aromatic carbocycles. The van der Waals surface area contributed by atoms with Crippen LogP contribution in [-0.2, 0) is 4.79 Å². The van der Waals surface area contributed by atoms with Crippen LogP contribution in [0.3, 0.4) is 0 Å². The Hall–Kier alpha value is -1.81. The largest absolute Gasteiger partial charge is 0.490 e. The molecule has 3 aliphatic rings. The first kappa shape index (κ1) is 12.0. The van der Waals surface area contributed by atoms with Gasteiger partial charge in [0, 0.05) is 29.9 Å². The molecule has 0 aromatic heterocycles. The summed E-state index contributed by atoms with van der Waals surface area (Å²) in [6, 6.07) is 5.73. The van der Waals surface area contributed by atoms with Gasteiger partial charge in [0.05, 0.1) is 12.2 Å². The number of fused-ring (bicyclic) bond motifs is 1. The van der Waals surface area contributed by atoms with Gasteiger partial charge in [0.15, 0.2) is 5.78 Å². The predicted molar refractivity (Wildman–Crippen MR) is 71.8 cm³/mol. The van der Waals surface area contributed by atoms with Gasteiger partial charge in [-0.15, -0.1) is 0 Å². The monoisotopic (exact) mass is 272 g/mol. The molecule has 1 N–H and O–H groups in total. The van der Waals surface area contributed by atoms with E-state index in [0.717, 1.165) is 29.1 Å². The Labute approximate surface area is 117 Å². The zero-order chi connectivity index (χ0) is 13.9. The van der Waals surface area contributed by atoms with E-state index in [2.05, 4.69) is 0 Å². The van der Waals surface area contributed by atoms with Crippen LogP contribution in [0.25, 0.3) is 0 Å². The summed E-state index contributed by atoms with van der Waals surface area (Å²) in [5.41, 5.74) is 1.75. The maximum atomic E-state index is 12.3. The normalized spacial score (nSPS) is 31.1. The molecule has 0 bridgehead atoms. The van der Waals surface area contributed by atoms with E-state index in [0.29, 0.717) is 12.2 Å². The van der Waals surface area contributed by atoms with E-state index in [1.54, 1.807) is 0 Å². The van der Waals surface area contributed by atoms with E-state index in [1.807, 2.05) is 25.1 Å². The van der Waals surface area contributed by atoms with E-state index in [9.17, 15) is 9.90 Å². The Bertz CT molecular complexity index is 631.